The monoisotopic (exact) mass is 242 g/mol. The molecule has 2 rings (SSSR count). The van der Waals surface area contributed by atoms with Gasteiger partial charge < -0.3 is 9.47 Å². The van der Waals surface area contributed by atoms with Crippen molar-refractivity contribution in [2.45, 2.75) is 29.5 Å². The van der Waals surface area contributed by atoms with E-state index in [1.54, 1.807) is 30.3 Å². The molecule has 0 bridgehead atoms. The Labute approximate surface area is 95.1 Å². The maximum Gasteiger partial charge on any atom is 0.205 e. The molecule has 1 aromatic carbocycles. The Morgan fingerprint density at radius 1 is 1.25 bits per heavy atom. The van der Waals surface area contributed by atoms with Crippen molar-refractivity contribution in [3.05, 3.63) is 30.3 Å². The van der Waals surface area contributed by atoms with E-state index in [4.69, 9.17) is 9.47 Å². The largest absolute Gasteiger partial charge is 0.356 e. The predicted octanol–water partition coefficient (Wildman–Crippen LogP) is 1.57. The molecule has 0 saturated carbocycles. The van der Waals surface area contributed by atoms with E-state index in [1.807, 2.05) is 0 Å². The SMILES string of the molecule is CO[C@H]1CCC(S(=O)(=O)c2ccccc2)O1. The Balaban J connectivity index is 2.21. The molecule has 1 aliphatic heterocycles. The number of hydrogen-bond donors (Lipinski definition) is 0. The summed E-state index contributed by atoms with van der Waals surface area (Å²) in [5.41, 5.74) is -0.778. The highest BCUT2D eigenvalue weighted by atomic mass is 32.2. The van der Waals surface area contributed by atoms with Gasteiger partial charge in [-0.25, -0.2) is 8.42 Å². The normalized spacial score (nSPS) is 25.8. The van der Waals surface area contributed by atoms with E-state index in [2.05, 4.69) is 0 Å². The molecule has 0 spiro atoms. The second kappa shape index (κ2) is 4.53. The average Bonchev–Trinajstić information content (AvgIpc) is 2.79. The summed E-state index contributed by atoms with van der Waals surface area (Å²) in [6.45, 7) is 0. The van der Waals surface area contributed by atoms with Gasteiger partial charge in [0.05, 0.1) is 4.90 Å². The summed E-state index contributed by atoms with van der Waals surface area (Å²) in [6.07, 6.45) is 0.701. The van der Waals surface area contributed by atoms with Crippen molar-refractivity contribution < 1.29 is 17.9 Å². The van der Waals surface area contributed by atoms with Crippen molar-refractivity contribution in [2.24, 2.45) is 0 Å². The van der Waals surface area contributed by atoms with Crippen LogP contribution in [0.5, 0.6) is 0 Å². The van der Waals surface area contributed by atoms with Crippen LogP contribution >= 0.6 is 0 Å². The molecule has 4 nitrogen and oxygen atoms in total. The Bertz CT molecular complexity index is 440. The first-order valence-corrected chi connectivity index (χ1v) is 6.66. The zero-order valence-electron chi connectivity index (χ0n) is 9.00. The van der Waals surface area contributed by atoms with Crippen molar-refractivity contribution in [3.8, 4) is 0 Å². The van der Waals surface area contributed by atoms with E-state index in [9.17, 15) is 8.42 Å². The molecule has 2 atom stereocenters. The van der Waals surface area contributed by atoms with Crippen LogP contribution in [0.3, 0.4) is 0 Å². The summed E-state index contributed by atoms with van der Waals surface area (Å²) in [7, 11) is -1.87. The van der Waals surface area contributed by atoms with Crippen molar-refractivity contribution in [3.63, 3.8) is 0 Å². The average molecular weight is 242 g/mol. The Hall–Kier alpha value is -0.910. The van der Waals surface area contributed by atoms with E-state index >= 15 is 0 Å². The molecule has 1 saturated heterocycles. The number of methoxy groups -OCH3 is 1. The van der Waals surface area contributed by atoms with Crippen molar-refractivity contribution >= 4 is 9.84 Å². The van der Waals surface area contributed by atoms with Crippen LogP contribution in [-0.4, -0.2) is 27.3 Å². The number of benzene rings is 1. The van der Waals surface area contributed by atoms with Crippen LogP contribution in [0.2, 0.25) is 0 Å². The van der Waals surface area contributed by atoms with Crippen LogP contribution in [0, 0.1) is 0 Å². The molecule has 16 heavy (non-hydrogen) atoms. The van der Waals surface area contributed by atoms with E-state index in [0.717, 1.165) is 0 Å². The maximum absolute atomic E-state index is 12.1. The van der Waals surface area contributed by atoms with Crippen molar-refractivity contribution in [1.82, 2.24) is 0 Å². The summed E-state index contributed by atoms with van der Waals surface area (Å²) in [5, 5.41) is 0. The van der Waals surface area contributed by atoms with Crippen molar-refractivity contribution in [2.75, 3.05) is 7.11 Å². The zero-order chi connectivity index (χ0) is 11.6. The van der Waals surface area contributed by atoms with Crippen LogP contribution in [0.4, 0.5) is 0 Å². The summed E-state index contributed by atoms with van der Waals surface area (Å²) in [6, 6.07) is 8.36. The minimum atomic E-state index is -3.38. The number of hydrogen-bond acceptors (Lipinski definition) is 4. The highest BCUT2D eigenvalue weighted by molar-refractivity contribution is 7.92. The molecule has 0 aliphatic carbocycles. The molecule has 5 heteroatoms. The quantitative estimate of drug-likeness (QED) is 0.807. The first-order valence-electron chi connectivity index (χ1n) is 5.12. The molecule has 1 unspecified atom stereocenters. The Morgan fingerprint density at radius 2 is 1.94 bits per heavy atom. The summed E-state index contributed by atoms with van der Waals surface area (Å²) < 4.78 is 34.5. The topological polar surface area (TPSA) is 52.6 Å². The molecule has 1 aliphatic rings. The standard InChI is InChI=1S/C11H14O4S/c1-14-10-7-8-11(15-10)16(12,13)9-5-3-2-4-6-9/h2-6,10-11H,7-8H2,1H3/t10-,11?/m1/s1. The third-order valence-electron chi connectivity index (χ3n) is 2.62. The second-order valence-corrected chi connectivity index (χ2v) is 5.75. The molecule has 1 aromatic rings. The van der Waals surface area contributed by atoms with E-state index in [1.165, 1.54) is 7.11 Å². The van der Waals surface area contributed by atoms with Gasteiger partial charge in [0.15, 0.2) is 11.7 Å². The molecule has 1 heterocycles. The minimum Gasteiger partial charge on any atom is -0.356 e. The van der Waals surface area contributed by atoms with Gasteiger partial charge in [-0.2, -0.15) is 0 Å². The number of sulfone groups is 1. The smallest absolute Gasteiger partial charge is 0.205 e. The van der Waals surface area contributed by atoms with Crippen LogP contribution in [-0.2, 0) is 19.3 Å². The Kier molecular flexibility index (Phi) is 3.28. The Morgan fingerprint density at radius 3 is 2.50 bits per heavy atom. The fourth-order valence-electron chi connectivity index (χ4n) is 1.74. The fraction of sp³-hybridized carbons (Fsp3) is 0.455. The van der Waals surface area contributed by atoms with Gasteiger partial charge in [0.2, 0.25) is 9.84 Å². The zero-order valence-corrected chi connectivity index (χ0v) is 9.81. The number of ether oxygens (including phenoxy) is 2. The lowest BCUT2D eigenvalue weighted by atomic mass is 10.4. The van der Waals surface area contributed by atoms with Crippen LogP contribution in [0.25, 0.3) is 0 Å². The molecule has 1 fully saturated rings. The molecular weight excluding hydrogens is 228 g/mol. The molecular formula is C11H14O4S. The van der Waals surface area contributed by atoms with Gasteiger partial charge in [-0.3, -0.25) is 0 Å². The maximum atomic E-state index is 12.1. The highest BCUT2D eigenvalue weighted by Gasteiger charge is 2.36. The third-order valence-corrected chi connectivity index (χ3v) is 4.59. The molecule has 0 N–H and O–H groups in total. The highest BCUT2D eigenvalue weighted by Crippen LogP contribution is 2.28. The van der Waals surface area contributed by atoms with E-state index < -0.39 is 21.6 Å². The van der Waals surface area contributed by atoms with Gasteiger partial charge in [0.1, 0.15) is 0 Å². The molecule has 0 amide bonds. The first-order chi connectivity index (χ1) is 7.64. The van der Waals surface area contributed by atoms with Gasteiger partial charge >= 0.3 is 0 Å². The predicted molar refractivity (Wildman–Crippen MR) is 58.5 cm³/mol. The lowest BCUT2D eigenvalue weighted by Crippen LogP contribution is -2.22. The van der Waals surface area contributed by atoms with Gasteiger partial charge in [0, 0.05) is 13.5 Å². The van der Waals surface area contributed by atoms with E-state index in [-0.39, 0.29) is 0 Å². The lowest BCUT2D eigenvalue weighted by Gasteiger charge is -2.13. The van der Waals surface area contributed by atoms with Crippen LogP contribution < -0.4 is 0 Å². The second-order valence-electron chi connectivity index (χ2n) is 3.67. The minimum absolute atomic E-state index is 0.303. The third kappa shape index (κ3) is 2.11. The van der Waals surface area contributed by atoms with Crippen molar-refractivity contribution in [1.29, 1.82) is 0 Å². The van der Waals surface area contributed by atoms with Crippen LogP contribution in [0.1, 0.15) is 12.8 Å². The summed E-state index contributed by atoms with van der Waals surface area (Å²) in [5.74, 6) is 0. The van der Waals surface area contributed by atoms with Gasteiger partial charge in [-0.1, -0.05) is 18.2 Å². The summed E-state index contributed by atoms with van der Waals surface area (Å²) >= 11 is 0. The molecule has 0 radical (unpaired) electrons. The van der Waals surface area contributed by atoms with E-state index in [0.29, 0.717) is 17.7 Å². The van der Waals surface area contributed by atoms with Gasteiger partial charge in [0.25, 0.3) is 0 Å². The van der Waals surface area contributed by atoms with Crippen LogP contribution in [0.15, 0.2) is 35.2 Å². The fourth-order valence-corrected chi connectivity index (χ4v) is 3.30. The van der Waals surface area contributed by atoms with Gasteiger partial charge in [-0.05, 0) is 18.6 Å². The van der Waals surface area contributed by atoms with Gasteiger partial charge in [-0.15, -0.1) is 0 Å². The molecule has 88 valence electrons. The lowest BCUT2D eigenvalue weighted by molar-refractivity contribution is -0.0971. The summed E-state index contributed by atoms with van der Waals surface area (Å²) in [4.78, 5) is 0.303. The molecule has 0 aromatic heterocycles. The number of rotatable bonds is 3. The first kappa shape index (κ1) is 11.6.